The van der Waals surface area contributed by atoms with E-state index in [1.165, 1.54) is 95.0 Å². The second-order valence-corrected chi connectivity index (χ2v) is 19.1. The number of rotatable bonds is 1. The van der Waals surface area contributed by atoms with Crippen LogP contribution in [0.2, 0.25) is 0 Å². The van der Waals surface area contributed by atoms with E-state index < -0.39 is 0 Å². The molecule has 6 nitrogen and oxygen atoms in total. The molecule has 16 rings (SSSR count). The number of fused-ring (bicyclic) bond motifs is 12. The molecular weight excluding hydrogens is 849 g/mol. The van der Waals surface area contributed by atoms with Gasteiger partial charge in [0.05, 0.1) is 37.1 Å². The molecule has 0 amide bonds. The predicted molar refractivity (Wildman–Crippen MR) is 267 cm³/mol. The minimum absolute atomic E-state index is 0. The number of benzene rings is 6. The lowest BCUT2D eigenvalue weighted by molar-refractivity contribution is 0.314. The first-order valence-corrected chi connectivity index (χ1v) is 24.3. The Bertz CT molecular complexity index is 2670. The smallest absolute Gasteiger partial charge is 0.144 e. The Kier molecular flexibility index (Phi) is 13.9. The Morgan fingerprint density at radius 3 is 1.67 bits per heavy atom. The van der Waals surface area contributed by atoms with E-state index in [1.807, 2.05) is 55.5 Å². The van der Waals surface area contributed by atoms with E-state index in [0.717, 1.165) is 18.6 Å². The Hall–Kier alpha value is -5.01. The van der Waals surface area contributed by atoms with Crippen molar-refractivity contribution in [3.8, 4) is 11.8 Å². The minimum atomic E-state index is 0. The van der Waals surface area contributed by atoms with Crippen molar-refractivity contribution in [1.82, 2.24) is 0 Å². The van der Waals surface area contributed by atoms with E-state index in [2.05, 4.69) is 128 Å². The second kappa shape index (κ2) is 20.3. The van der Waals surface area contributed by atoms with Gasteiger partial charge in [0.25, 0.3) is 0 Å². The summed E-state index contributed by atoms with van der Waals surface area (Å²) in [5.74, 6) is 6.11. The second-order valence-electron chi connectivity index (χ2n) is 19.1. The molecule has 6 aromatic carbocycles. The van der Waals surface area contributed by atoms with Gasteiger partial charge in [-0.3, -0.25) is 0 Å². The third-order valence-electron chi connectivity index (χ3n) is 14.4. The van der Waals surface area contributed by atoms with E-state index >= 15 is 0 Å². The van der Waals surface area contributed by atoms with Crippen LogP contribution >= 0.6 is 13.5 Å². The fourth-order valence-electron chi connectivity index (χ4n) is 10.2. The molecule has 6 heterocycles. The lowest BCUT2D eigenvalue weighted by atomic mass is 9.84. The molecule has 10 aliphatic rings. The van der Waals surface area contributed by atoms with Gasteiger partial charge in [0.1, 0.15) is 36.1 Å². The normalized spacial score (nSPS) is 30.4. The van der Waals surface area contributed by atoms with Crippen molar-refractivity contribution in [2.45, 2.75) is 132 Å². The highest BCUT2D eigenvalue weighted by Gasteiger charge is 2.56. The van der Waals surface area contributed by atoms with E-state index in [0.29, 0.717) is 54.9 Å². The van der Waals surface area contributed by atoms with Crippen molar-refractivity contribution in [3.05, 3.63) is 213 Å². The van der Waals surface area contributed by atoms with Gasteiger partial charge < -0.3 is 28.4 Å². The van der Waals surface area contributed by atoms with Crippen LogP contribution in [-0.2, 0) is 59.7 Å². The zero-order valence-electron chi connectivity index (χ0n) is 38.6. The number of hydrogen-bond acceptors (Lipinski definition) is 6. The van der Waals surface area contributed by atoms with Crippen LogP contribution in [0.1, 0.15) is 120 Å². The van der Waals surface area contributed by atoms with Crippen molar-refractivity contribution in [3.63, 3.8) is 0 Å². The molecule has 6 saturated heterocycles. The van der Waals surface area contributed by atoms with Gasteiger partial charge in [0.15, 0.2) is 0 Å². The number of epoxide rings is 6. The molecule has 6 fully saturated rings. The maximum atomic E-state index is 5.69. The average molecular weight is 911 g/mol. The van der Waals surface area contributed by atoms with Crippen LogP contribution in [0.4, 0.5) is 0 Å². The molecule has 6 aliphatic heterocycles. The monoisotopic (exact) mass is 910 g/mol. The van der Waals surface area contributed by atoms with Gasteiger partial charge in [-0.25, -0.2) is 0 Å². The summed E-state index contributed by atoms with van der Waals surface area (Å²) in [7, 11) is 0. The summed E-state index contributed by atoms with van der Waals surface area (Å²) >= 11 is 0. The topological polar surface area (TPSA) is 75.2 Å². The highest BCUT2D eigenvalue weighted by Crippen LogP contribution is 2.52. The van der Waals surface area contributed by atoms with Crippen LogP contribution in [0.5, 0.6) is 0 Å². The van der Waals surface area contributed by atoms with Gasteiger partial charge in [-0.15, -0.1) is 0 Å². The van der Waals surface area contributed by atoms with Gasteiger partial charge >= 0.3 is 0 Å². The van der Waals surface area contributed by atoms with E-state index in [-0.39, 0.29) is 25.2 Å². The standard InChI is InChI=1S/2C11H12O.C11H10O.C10H10O.C9H8O.C8H8O.H2S/c1-11-9-5-3-2-4-8(9)6-7-10(11)12-11;1-2-6-9-8(4-1)5-3-7-10-11(9)12-10;1-9-11(12-9)8-7-10-5-3-2-4-6-10;1-2-4-8-7(3-1)5-6-9-10(8)11-9;1-2-4-7-6(3-1)5-8-9(7)10-8;1-2-4-7(5-3-1)8-6-9-8;/h2-5,10H,6-7H2,1H3;1-2,4,6,10-11H,3,5,7H2;2-6,9,11H,1H3;1-4,9-10H,5-6H2;1-4,8-9H,5H2;1-5,8H,6H2;1H2/t10-,11+;;;;;;/m0....../s1. The Labute approximate surface area is 403 Å². The summed E-state index contributed by atoms with van der Waals surface area (Å²) in [6, 6.07) is 54.8. The van der Waals surface area contributed by atoms with Crippen LogP contribution in [0.15, 0.2) is 158 Å². The van der Waals surface area contributed by atoms with Crippen molar-refractivity contribution in [2.75, 3.05) is 6.61 Å². The van der Waals surface area contributed by atoms with E-state index in [1.54, 1.807) is 0 Å². The zero-order valence-corrected chi connectivity index (χ0v) is 39.6. The first-order valence-electron chi connectivity index (χ1n) is 24.3. The Morgan fingerprint density at radius 2 is 1.03 bits per heavy atom. The average Bonchev–Trinajstić information content (AvgIpc) is 4.12. The third-order valence-corrected chi connectivity index (χ3v) is 14.4. The van der Waals surface area contributed by atoms with Gasteiger partial charge in [0, 0.05) is 12.0 Å². The van der Waals surface area contributed by atoms with Gasteiger partial charge in [-0.2, -0.15) is 13.5 Å². The lowest BCUT2D eigenvalue weighted by Crippen LogP contribution is -2.16. The van der Waals surface area contributed by atoms with Crippen LogP contribution in [-0.4, -0.2) is 43.2 Å². The van der Waals surface area contributed by atoms with Gasteiger partial charge in [0.2, 0.25) is 0 Å². The number of ether oxygens (including phenoxy) is 6. The molecule has 0 N–H and O–H groups in total. The highest BCUT2D eigenvalue weighted by molar-refractivity contribution is 7.59. The fourth-order valence-corrected chi connectivity index (χ4v) is 10.2. The molecule has 11 atom stereocenters. The van der Waals surface area contributed by atoms with Crippen LogP contribution < -0.4 is 0 Å². The van der Waals surface area contributed by atoms with Crippen LogP contribution in [0, 0.1) is 11.8 Å². The van der Waals surface area contributed by atoms with Gasteiger partial charge in [-0.1, -0.05) is 157 Å². The maximum absolute atomic E-state index is 5.69. The number of hydrogen-bond donors (Lipinski definition) is 0. The molecule has 7 heteroatoms. The predicted octanol–water partition coefficient (Wildman–Crippen LogP) is 12.2. The highest BCUT2D eigenvalue weighted by atomic mass is 32.1. The Balaban J connectivity index is 0.0000000940. The molecule has 0 bridgehead atoms. The molecule has 0 saturated carbocycles. The van der Waals surface area contributed by atoms with E-state index in [9.17, 15) is 0 Å². The maximum Gasteiger partial charge on any atom is 0.144 e. The van der Waals surface area contributed by atoms with Crippen LogP contribution in [0.3, 0.4) is 0 Å². The summed E-state index contributed by atoms with van der Waals surface area (Å²) in [6.07, 6.45) is 14.2. The van der Waals surface area contributed by atoms with Crippen LogP contribution in [0.25, 0.3) is 0 Å². The molecule has 67 heavy (non-hydrogen) atoms. The van der Waals surface area contributed by atoms with Crippen molar-refractivity contribution in [2.24, 2.45) is 0 Å². The largest absolute Gasteiger partial charge is 0.368 e. The quantitative estimate of drug-likeness (QED) is 0.121. The van der Waals surface area contributed by atoms with E-state index in [4.69, 9.17) is 28.4 Å². The molecule has 0 aromatic heterocycles. The molecule has 4 aliphatic carbocycles. The lowest BCUT2D eigenvalue weighted by Gasteiger charge is -2.17. The molecular formula is C60H62O6S. The van der Waals surface area contributed by atoms with Crippen molar-refractivity contribution < 1.29 is 28.4 Å². The third kappa shape index (κ3) is 11.1. The summed E-state index contributed by atoms with van der Waals surface area (Å²) in [5, 5.41) is 0. The van der Waals surface area contributed by atoms with Crippen molar-refractivity contribution in [1.29, 1.82) is 0 Å². The minimum Gasteiger partial charge on any atom is -0.368 e. The Morgan fingerprint density at radius 1 is 0.522 bits per heavy atom. The summed E-state index contributed by atoms with van der Waals surface area (Å²) in [4.78, 5) is 0. The SMILES string of the molecule is CC1OC1C#Cc1ccccc1.C[C@]12O[C@H]1CCc1ccccc12.S.c1ccc(C2CO2)cc1.c1ccc2c(c1)CC1OC21.c1ccc2c(c1)CCC1OC21.c1ccc2c(c1)CCCC1OC21. The molecule has 344 valence electrons. The number of aryl methyl sites for hydroxylation is 3. The fraction of sp³-hybridized carbons (Fsp3) is 0.367. The first kappa shape index (κ1) is 45.8. The summed E-state index contributed by atoms with van der Waals surface area (Å²) in [5.41, 5.74) is 14.1. The summed E-state index contributed by atoms with van der Waals surface area (Å²) < 4.78 is 32.4. The zero-order chi connectivity index (χ0) is 44.5. The molecule has 0 radical (unpaired) electrons. The summed E-state index contributed by atoms with van der Waals surface area (Å²) in [6.45, 7) is 5.14. The molecule has 9 unspecified atom stereocenters. The van der Waals surface area contributed by atoms with Crippen molar-refractivity contribution >= 4 is 13.5 Å². The molecule has 0 spiro atoms. The van der Waals surface area contributed by atoms with Gasteiger partial charge in [-0.05, 0) is 121 Å². The molecule has 6 aromatic rings. The first-order chi connectivity index (χ1) is 32.5.